The zero-order valence-electron chi connectivity index (χ0n) is 10.9. The summed E-state index contributed by atoms with van der Waals surface area (Å²) in [5.41, 5.74) is 1.10. The topological polar surface area (TPSA) is 21.3 Å². The van der Waals surface area contributed by atoms with Gasteiger partial charge in [-0.25, -0.2) is 0 Å². The van der Waals surface area contributed by atoms with Crippen molar-refractivity contribution in [3.8, 4) is 5.75 Å². The molecule has 1 aliphatic heterocycles. The zero-order valence-corrected chi connectivity index (χ0v) is 11.8. The highest BCUT2D eigenvalue weighted by atomic mass is 32.2. The molecule has 0 radical (unpaired) electrons. The van der Waals surface area contributed by atoms with Crippen molar-refractivity contribution in [1.82, 2.24) is 5.32 Å². The summed E-state index contributed by atoms with van der Waals surface area (Å²) in [6.45, 7) is -0.661. The van der Waals surface area contributed by atoms with Crippen LogP contribution in [0.25, 0.3) is 0 Å². The van der Waals surface area contributed by atoms with Crippen molar-refractivity contribution in [2.45, 2.75) is 38.5 Å². The standard InChI is InChI=1S/C14H19F2NOS/c1-10(17-12-6-8-19-9-7-12)11-2-4-13(5-3-11)18-14(15)16/h2-5,10,12,14,17H,6-9H2,1H3. The fraction of sp³-hybridized carbons (Fsp3) is 0.571. The lowest BCUT2D eigenvalue weighted by atomic mass is 10.1. The molecule has 0 bridgehead atoms. The van der Waals surface area contributed by atoms with Crippen LogP contribution in [0.1, 0.15) is 31.4 Å². The number of alkyl halides is 2. The summed E-state index contributed by atoms with van der Waals surface area (Å²) in [5.74, 6) is 2.64. The normalized spacial score (nSPS) is 18.5. The van der Waals surface area contributed by atoms with Crippen LogP contribution in [0.15, 0.2) is 24.3 Å². The van der Waals surface area contributed by atoms with E-state index in [4.69, 9.17) is 0 Å². The Hall–Kier alpha value is -0.810. The van der Waals surface area contributed by atoms with Crippen molar-refractivity contribution in [3.63, 3.8) is 0 Å². The molecule has 106 valence electrons. The zero-order chi connectivity index (χ0) is 13.7. The molecule has 1 aromatic carbocycles. The first kappa shape index (κ1) is 14.6. The average molecular weight is 287 g/mol. The van der Waals surface area contributed by atoms with Crippen molar-refractivity contribution in [2.24, 2.45) is 0 Å². The van der Waals surface area contributed by atoms with E-state index in [1.54, 1.807) is 12.1 Å². The van der Waals surface area contributed by atoms with E-state index in [1.165, 1.54) is 24.3 Å². The molecule has 0 aliphatic carbocycles. The van der Waals surface area contributed by atoms with Gasteiger partial charge in [0.1, 0.15) is 5.75 Å². The molecule has 2 rings (SSSR count). The van der Waals surface area contributed by atoms with Crippen molar-refractivity contribution in [2.75, 3.05) is 11.5 Å². The van der Waals surface area contributed by atoms with Gasteiger partial charge in [0, 0.05) is 12.1 Å². The van der Waals surface area contributed by atoms with Crippen molar-refractivity contribution in [1.29, 1.82) is 0 Å². The van der Waals surface area contributed by atoms with Crippen LogP contribution in [0.5, 0.6) is 5.75 Å². The highest BCUT2D eigenvalue weighted by molar-refractivity contribution is 7.99. The van der Waals surface area contributed by atoms with Gasteiger partial charge in [-0.2, -0.15) is 20.5 Å². The summed E-state index contributed by atoms with van der Waals surface area (Å²) >= 11 is 2.00. The van der Waals surface area contributed by atoms with Gasteiger partial charge in [-0.05, 0) is 49.0 Å². The molecule has 1 unspecified atom stereocenters. The quantitative estimate of drug-likeness (QED) is 0.889. The number of thioether (sulfide) groups is 1. The molecule has 0 spiro atoms. The summed E-state index contributed by atoms with van der Waals surface area (Å²) < 4.78 is 28.4. The summed E-state index contributed by atoms with van der Waals surface area (Å²) in [7, 11) is 0. The van der Waals surface area contributed by atoms with Gasteiger partial charge in [0.2, 0.25) is 0 Å². The predicted molar refractivity (Wildman–Crippen MR) is 75.0 cm³/mol. The van der Waals surface area contributed by atoms with Gasteiger partial charge in [0.05, 0.1) is 0 Å². The third-order valence-electron chi connectivity index (χ3n) is 3.31. The summed E-state index contributed by atoms with van der Waals surface area (Å²) in [5, 5.41) is 3.59. The Kier molecular flexibility index (Phi) is 5.45. The second kappa shape index (κ2) is 7.10. The maximum atomic E-state index is 12.1. The molecule has 1 atom stereocenters. The molecular formula is C14H19F2NOS. The lowest BCUT2D eigenvalue weighted by molar-refractivity contribution is -0.0498. The largest absolute Gasteiger partial charge is 0.435 e. The lowest BCUT2D eigenvalue weighted by Crippen LogP contribution is -2.34. The third kappa shape index (κ3) is 4.66. The van der Waals surface area contributed by atoms with Crippen LogP contribution in [0, 0.1) is 0 Å². The lowest BCUT2D eigenvalue weighted by Gasteiger charge is -2.26. The maximum Gasteiger partial charge on any atom is 0.387 e. The van der Waals surface area contributed by atoms with Crippen LogP contribution >= 0.6 is 11.8 Å². The van der Waals surface area contributed by atoms with E-state index in [2.05, 4.69) is 17.0 Å². The van der Waals surface area contributed by atoms with Gasteiger partial charge in [-0.15, -0.1) is 0 Å². The molecule has 19 heavy (non-hydrogen) atoms. The van der Waals surface area contributed by atoms with E-state index in [0.717, 1.165) is 5.56 Å². The first-order chi connectivity index (χ1) is 9.15. The van der Waals surface area contributed by atoms with Gasteiger partial charge in [-0.3, -0.25) is 0 Å². The Balaban J connectivity index is 1.89. The SMILES string of the molecule is CC(NC1CCSCC1)c1ccc(OC(F)F)cc1. The molecule has 1 fully saturated rings. The molecule has 2 nitrogen and oxygen atoms in total. The van der Waals surface area contributed by atoms with Crippen LogP contribution in [0.3, 0.4) is 0 Å². The Morgan fingerprint density at radius 1 is 1.21 bits per heavy atom. The molecule has 1 saturated heterocycles. The van der Waals surface area contributed by atoms with Crippen molar-refractivity contribution < 1.29 is 13.5 Å². The van der Waals surface area contributed by atoms with Crippen LogP contribution in [0.2, 0.25) is 0 Å². The van der Waals surface area contributed by atoms with E-state index in [1.807, 2.05) is 23.9 Å². The summed E-state index contributed by atoms with van der Waals surface area (Å²) in [6.07, 6.45) is 2.39. The molecule has 5 heteroatoms. The third-order valence-corrected chi connectivity index (χ3v) is 4.36. The van der Waals surface area contributed by atoms with E-state index >= 15 is 0 Å². The van der Waals surface area contributed by atoms with Crippen LogP contribution < -0.4 is 10.1 Å². The minimum atomic E-state index is -2.76. The molecule has 0 aromatic heterocycles. The van der Waals surface area contributed by atoms with E-state index in [9.17, 15) is 8.78 Å². The molecule has 1 N–H and O–H groups in total. The van der Waals surface area contributed by atoms with Crippen LogP contribution in [-0.2, 0) is 0 Å². The maximum absolute atomic E-state index is 12.1. The summed E-state index contributed by atoms with van der Waals surface area (Å²) in [4.78, 5) is 0. The van der Waals surface area contributed by atoms with Crippen LogP contribution in [-0.4, -0.2) is 24.2 Å². The fourth-order valence-corrected chi connectivity index (χ4v) is 3.36. The number of benzene rings is 1. The van der Waals surface area contributed by atoms with E-state index < -0.39 is 6.61 Å². The number of hydrogen-bond acceptors (Lipinski definition) is 3. The first-order valence-corrected chi connectivity index (χ1v) is 7.69. The second-order valence-corrected chi connectivity index (χ2v) is 5.95. The van der Waals surface area contributed by atoms with Gasteiger partial charge < -0.3 is 10.1 Å². The molecule has 0 saturated carbocycles. The smallest absolute Gasteiger partial charge is 0.387 e. The van der Waals surface area contributed by atoms with Gasteiger partial charge in [0.15, 0.2) is 0 Å². The molecule has 1 aromatic rings. The Bertz CT molecular complexity index is 380. The van der Waals surface area contributed by atoms with E-state index in [-0.39, 0.29) is 11.8 Å². The number of ether oxygens (including phenoxy) is 1. The van der Waals surface area contributed by atoms with E-state index in [0.29, 0.717) is 6.04 Å². The summed E-state index contributed by atoms with van der Waals surface area (Å²) in [6, 6.07) is 7.66. The molecule has 1 aliphatic rings. The van der Waals surface area contributed by atoms with Crippen molar-refractivity contribution in [3.05, 3.63) is 29.8 Å². The number of halogens is 2. The van der Waals surface area contributed by atoms with Crippen LogP contribution in [0.4, 0.5) is 8.78 Å². The van der Waals surface area contributed by atoms with Crippen molar-refractivity contribution >= 4 is 11.8 Å². The number of nitrogens with one attached hydrogen (secondary N) is 1. The minimum absolute atomic E-state index is 0.208. The van der Waals surface area contributed by atoms with Gasteiger partial charge in [-0.1, -0.05) is 12.1 Å². The molecule has 1 heterocycles. The minimum Gasteiger partial charge on any atom is -0.435 e. The average Bonchev–Trinajstić information content (AvgIpc) is 2.40. The first-order valence-electron chi connectivity index (χ1n) is 6.53. The number of hydrogen-bond donors (Lipinski definition) is 1. The molecule has 0 amide bonds. The Morgan fingerprint density at radius 3 is 2.42 bits per heavy atom. The number of rotatable bonds is 5. The monoisotopic (exact) mass is 287 g/mol. The second-order valence-electron chi connectivity index (χ2n) is 4.72. The molecular weight excluding hydrogens is 268 g/mol. The fourth-order valence-electron chi connectivity index (χ4n) is 2.25. The highest BCUT2D eigenvalue weighted by Gasteiger charge is 2.16. The van der Waals surface area contributed by atoms with Gasteiger partial charge in [0.25, 0.3) is 0 Å². The highest BCUT2D eigenvalue weighted by Crippen LogP contribution is 2.22. The Labute approximate surface area is 116 Å². The predicted octanol–water partition coefficient (Wildman–Crippen LogP) is 3.83. The van der Waals surface area contributed by atoms with Gasteiger partial charge >= 0.3 is 6.61 Å². The Morgan fingerprint density at radius 2 is 1.84 bits per heavy atom.